The molecule has 2 atom stereocenters. The van der Waals surface area contributed by atoms with Gasteiger partial charge >= 0.3 is 0 Å². The van der Waals surface area contributed by atoms with Crippen molar-refractivity contribution in [1.29, 1.82) is 0 Å². The van der Waals surface area contributed by atoms with E-state index in [1.165, 1.54) is 12.8 Å². The van der Waals surface area contributed by atoms with Crippen molar-refractivity contribution in [3.05, 3.63) is 63.1 Å². The molecule has 0 saturated carbocycles. The molecule has 4 nitrogen and oxygen atoms in total. The molecular formula is C22H21Cl3N2O2. The monoisotopic (exact) mass is 450 g/mol. The van der Waals surface area contributed by atoms with Crippen LogP contribution in [0.25, 0.3) is 10.9 Å². The maximum atomic E-state index is 11.1. The zero-order valence-corrected chi connectivity index (χ0v) is 17.9. The second-order valence-corrected chi connectivity index (χ2v) is 8.57. The Bertz CT molecular complexity index is 1010. The van der Waals surface area contributed by atoms with Crippen LogP contribution in [-0.2, 0) is 0 Å². The lowest BCUT2D eigenvalue weighted by Gasteiger charge is -2.26. The van der Waals surface area contributed by atoms with E-state index in [1.54, 1.807) is 42.5 Å². The van der Waals surface area contributed by atoms with Crippen LogP contribution in [0, 0.1) is 0 Å². The van der Waals surface area contributed by atoms with E-state index in [0.717, 1.165) is 18.4 Å². The van der Waals surface area contributed by atoms with Crippen molar-refractivity contribution in [1.82, 2.24) is 10.3 Å². The Morgan fingerprint density at radius 2 is 1.86 bits per heavy atom. The molecule has 3 aromatic rings. The number of nitrogens with zero attached hydrogens (tertiary/aromatic N) is 1. The zero-order valence-electron chi connectivity index (χ0n) is 15.7. The quantitative estimate of drug-likeness (QED) is 0.461. The lowest BCUT2D eigenvalue weighted by Crippen LogP contribution is -2.35. The van der Waals surface area contributed by atoms with Gasteiger partial charge < -0.3 is 15.2 Å². The summed E-state index contributed by atoms with van der Waals surface area (Å²) in [6.07, 6.45) is 3.30. The van der Waals surface area contributed by atoms with Gasteiger partial charge in [-0.2, -0.15) is 0 Å². The van der Waals surface area contributed by atoms with E-state index in [2.05, 4.69) is 10.3 Å². The first-order chi connectivity index (χ1) is 14.0. The SMILES string of the molecule is OC(CC1CCCCN1)c1cc(Oc2ccc(Cl)cc2)nc2c(Cl)cc(Cl)cc12. The van der Waals surface area contributed by atoms with Gasteiger partial charge in [-0.3, -0.25) is 0 Å². The summed E-state index contributed by atoms with van der Waals surface area (Å²) in [4.78, 5) is 4.55. The van der Waals surface area contributed by atoms with Gasteiger partial charge in [0, 0.05) is 27.5 Å². The number of halogens is 3. The van der Waals surface area contributed by atoms with Crippen molar-refractivity contribution in [3.63, 3.8) is 0 Å². The van der Waals surface area contributed by atoms with Gasteiger partial charge in [0.15, 0.2) is 0 Å². The highest BCUT2D eigenvalue weighted by atomic mass is 35.5. The van der Waals surface area contributed by atoms with Gasteiger partial charge in [-0.15, -0.1) is 0 Å². The largest absolute Gasteiger partial charge is 0.439 e. The summed E-state index contributed by atoms with van der Waals surface area (Å²) in [5.41, 5.74) is 1.25. The van der Waals surface area contributed by atoms with Gasteiger partial charge in [-0.05, 0) is 67.8 Å². The average Bonchev–Trinajstić information content (AvgIpc) is 2.70. The molecular weight excluding hydrogens is 431 g/mol. The highest BCUT2D eigenvalue weighted by Crippen LogP contribution is 2.36. The van der Waals surface area contributed by atoms with Crippen LogP contribution in [0.15, 0.2) is 42.5 Å². The molecule has 7 heteroatoms. The van der Waals surface area contributed by atoms with Crippen LogP contribution in [0.4, 0.5) is 0 Å². The molecule has 2 N–H and O–H groups in total. The highest BCUT2D eigenvalue weighted by molar-refractivity contribution is 6.38. The molecule has 0 aliphatic carbocycles. The second kappa shape index (κ2) is 9.07. The molecule has 0 bridgehead atoms. The minimum atomic E-state index is -0.696. The van der Waals surface area contributed by atoms with Crippen molar-refractivity contribution in [2.24, 2.45) is 0 Å². The van der Waals surface area contributed by atoms with Crippen LogP contribution in [0.1, 0.15) is 37.4 Å². The van der Waals surface area contributed by atoms with E-state index in [4.69, 9.17) is 39.5 Å². The Hall–Kier alpha value is -1.56. The molecule has 0 spiro atoms. The van der Waals surface area contributed by atoms with Gasteiger partial charge in [0.2, 0.25) is 5.88 Å². The number of nitrogens with one attached hydrogen (secondary N) is 1. The number of benzene rings is 2. The molecule has 2 unspecified atom stereocenters. The highest BCUT2D eigenvalue weighted by Gasteiger charge is 2.22. The summed E-state index contributed by atoms with van der Waals surface area (Å²) in [5, 5.41) is 16.8. The van der Waals surface area contributed by atoms with Crippen molar-refractivity contribution in [2.75, 3.05) is 6.54 Å². The predicted molar refractivity (Wildman–Crippen MR) is 119 cm³/mol. The van der Waals surface area contributed by atoms with E-state index < -0.39 is 6.10 Å². The van der Waals surface area contributed by atoms with Crippen molar-refractivity contribution in [3.8, 4) is 11.6 Å². The third-order valence-corrected chi connectivity index (χ3v) is 5.91. The molecule has 1 aliphatic rings. The number of hydrogen-bond acceptors (Lipinski definition) is 4. The lowest BCUT2D eigenvalue weighted by atomic mass is 9.94. The third kappa shape index (κ3) is 4.96. The fraction of sp³-hybridized carbons (Fsp3) is 0.318. The van der Waals surface area contributed by atoms with Gasteiger partial charge in [-0.25, -0.2) is 4.98 Å². The second-order valence-electron chi connectivity index (χ2n) is 7.29. The van der Waals surface area contributed by atoms with E-state index in [-0.39, 0.29) is 6.04 Å². The summed E-state index contributed by atoms with van der Waals surface area (Å²) >= 11 is 18.6. The maximum Gasteiger partial charge on any atom is 0.220 e. The number of aliphatic hydroxyl groups excluding tert-OH is 1. The van der Waals surface area contributed by atoms with Crippen LogP contribution in [-0.4, -0.2) is 22.7 Å². The number of aromatic nitrogens is 1. The number of pyridine rings is 1. The van der Waals surface area contributed by atoms with Crippen LogP contribution in [0.5, 0.6) is 11.6 Å². The first-order valence-electron chi connectivity index (χ1n) is 9.64. The first-order valence-corrected chi connectivity index (χ1v) is 10.8. The first kappa shape index (κ1) is 20.7. The molecule has 0 radical (unpaired) electrons. The van der Waals surface area contributed by atoms with E-state index in [0.29, 0.717) is 44.2 Å². The van der Waals surface area contributed by atoms with Crippen molar-refractivity contribution >= 4 is 45.7 Å². The minimum absolute atomic E-state index is 0.275. The lowest BCUT2D eigenvalue weighted by molar-refractivity contribution is 0.145. The van der Waals surface area contributed by atoms with Gasteiger partial charge in [-0.1, -0.05) is 41.2 Å². The summed E-state index contributed by atoms with van der Waals surface area (Å²) in [6, 6.07) is 12.5. The minimum Gasteiger partial charge on any atom is -0.439 e. The molecule has 152 valence electrons. The Kier molecular flexibility index (Phi) is 6.47. The fourth-order valence-corrected chi connectivity index (χ4v) is 4.39. The molecule has 29 heavy (non-hydrogen) atoms. The van der Waals surface area contributed by atoms with Crippen LogP contribution >= 0.6 is 34.8 Å². The standard InChI is InChI=1S/C22H21Cl3N2O2/c23-13-4-6-16(7-5-13)29-21-12-17(20(28)11-15-3-1-2-8-26-15)18-9-14(24)10-19(25)22(18)27-21/h4-7,9-10,12,15,20,26,28H,1-3,8,11H2. The van der Waals surface area contributed by atoms with Crippen molar-refractivity contribution in [2.45, 2.75) is 37.8 Å². The summed E-state index contributed by atoms with van der Waals surface area (Å²) < 4.78 is 5.92. The van der Waals surface area contributed by atoms with Crippen molar-refractivity contribution < 1.29 is 9.84 Å². The Morgan fingerprint density at radius 3 is 2.59 bits per heavy atom. The topological polar surface area (TPSA) is 54.4 Å². The molecule has 1 aromatic heterocycles. The van der Waals surface area contributed by atoms with Crippen LogP contribution in [0.2, 0.25) is 15.1 Å². The molecule has 1 saturated heterocycles. The number of rotatable bonds is 5. The van der Waals surface area contributed by atoms with Crippen LogP contribution < -0.4 is 10.1 Å². The summed E-state index contributed by atoms with van der Waals surface area (Å²) in [6.45, 7) is 0.983. The summed E-state index contributed by atoms with van der Waals surface area (Å²) in [5.74, 6) is 0.954. The Labute approximate surface area is 184 Å². The maximum absolute atomic E-state index is 11.1. The van der Waals surface area contributed by atoms with Gasteiger partial charge in [0.1, 0.15) is 5.75 Å². The number of aliphatic hydroxyl groups is 1. The number of hydrogen-bond donors (Lipinski definition) is 2. The molecule has 1 aliphatic heterocycles. The molecule has 4 rings (SSSR count). The number of ether oxygens (including phenoxy) is 1. The van der Waals surface area contributed by atoms with E-state index in [1.807, 2.05) is 0 Å². The summed E-state index contributed by atoms with van der Waals surface area (Å²) in [7, 11) is 0. The Balaban J connectivity index is 1.72. The third-order valence-electron chi connectivity index (χ3n) is 5.16. The molecule has 2 aromatic carbocycles. The average molecular weight is 452 g/mol. The van der Waals surface area contributed by atoms with Crippen LogP contribution in [0.3, 0.4) is 0 Å². The van der Waals surface area contributed by atoms with Gasteiger partial charge in [0.25, 0.3) is 0 Å². The number of fused-ring (bicyclic) bond motifs is 1. The Morgan fingerprint density at radius 1 is 1.07 bits per heavy atom. The fourth-order valence-electron chi connectivity index (χ4n) is 3.73. The van der Waals surface area contributed by atoms with E-state index in [9.17, 15) is 5.11 Å². The molecule has 0 amide bonds. The normalized spacial score (nSPS) is 18.0. The number of piperidine rings is 1. The van der Waals surface area contributed by atoms with E-state index >= 15 is 0 Å². The smallest absolute Gasteiger partial charge is 0.220 e. The predicted octanol–water partition coefficient (Wildman–Crippen LogP) is 6.55. The van der Waals surface area contributed by atoms with Gasteiger partial charge in [0.05, 0.1) is 16.6 Å². The zero-order chi connectivity index (χ0) is 20.4. The molecule has 1 fully saturated rings. The molecule has 2 heterocycles.